The molecule has 2 N–H and O–H groups in total. The molecule has 2 aromatic rings. The van der Waals surface area contributed by atoms with Crippen LogP contribution in [0, 0.1) is 0 Å². The second-order valence-corrected chi connectivity index (χ2v) is 13.2. The molecule has 1 fully saturated rings. The number of rotatable bonds is 24. The number of unbranched alkanes of at least 4 members (excludes halogenated alkanes) is 14. The van der Waals surface area contributed by atoms with E-state index in [-0.39, 0.29) is 23.9 Å². The maximum atomic E-state index is 13.0. The van der Waals surface area contributed by atoms with Gasteiger partial charge < -0.3 is 20.1 Å². The average molecular weight is 635 g/mol. The van der Waals surface area contributed by atoms with Crippen molar-refractivity contribution < 1.29 is 19.1 Å². The van der Waals surface area contributed by atoms with Gasteiger partial charge in [0.15, 0.2) is 0 Å². The van der Waals surface area contributed by atoms with Crippen LogP contribution in [-0.2, 0) is 0 Å². The lowest BCUT2D eigenvalue weighted by atomic mass is 9.90. The normalized spacial score (nSPS) is 16.1. The van der Waals surface area contributed by atoms with E-state index in [4.69, 9.17) is 9.47 Å². The lowest BCUT2D eigenvalue weighted by Gasteiger charge is -2.30. The van der Waals surface area contributed by atoms with E-state index in [9.17, 15) is 9.59 Å². The molecule has 0 saturated heterocycles. The summed E-state index contributed by atoms with van der Waals surface area (Å²) in [6, 6.07) is 15.0. The van der Waals surface area contributed by atoms with Crippen LogP contribution in [0.5, 0.6) is 11.5 Å². The van der Waals surface area contributed by atoms with Gasteiger partial charge in [0.1, 0.15) is 11.5 Å². The van der Waals surface area contributed by atoms with Gasteiger partial charge >= 0.3 is 0 Å². The van der Waals surface area contributed by atoms with E-state index in [1.807, 2.05) is 48.5 Å². The summed E-state index contributed by atoms with van der Waals surface area (Å²) in [7, 11) is 0. The molecule has 0 aliphatic heterocycles. The molecule has 0 spiro atoms. The molecule has 0 heterocycles. The molecule has 0 bridgehead atoms. The molecule has 6 nitrogen and oxygen atoms in total. The van der Waals surface area contributed by atoms with E-state index in [2.05, 4.69) is 24.5 Å². The van der Waals surface area contributed by atoms with Crippen molar-refractivity contribution in [3.8, 4) is 11.5 Å². The molecule has 1 saturated carbocycles. The summed E-state index contributed by atoms with van der Waals surface area (Å²) in [4.78, 5) is 25.9. The number of carbonyl (C=O) groups excluding carboxylic acids is 2. The minimum absolute atomic E-state index is 0.0385. The topological polar surface area (TPSA) is 76.7 Å². The highest BCUT2D eigenvalue weighted by atomic mass is 16.5. The Balaban J connectivity index is 1.30. The number of nitrogens with one attached hydrogen (secondary N) is 2. The van der Waals surface area contributed by atoms with Gasteiger partial charge in [-0.05, 0) is 87.1 Å². The minimum Gasteiger partial charge on any atom is -0.494 e. The van der Waals surface area contributed by atoms with E-state index >= 15 is 0 Å². The van der Waals surface area contributed by atoms with Crippen LogP contribution in [0.2, 0.25) is 0 Å². The lowest BCUT2D eigenvalue weighted by Crippen LogP contribution is -2.45. The second-order valence-electron chi connectivity index (χ2n) is 13.2. The summed E-state index contributed by atoms with van der Waals surface area (Å²) in [5.74, 6) is 1.47. The van der Waals surface area contributed by atoms with Crippen molar-refractivity contribution in [1.82, 2.24) is 10.6 Å². The zero-order valence-electron chi connectivity index (χ0n) is 29.0. The Morgan fingerprint density at radius 2 is 0.891 bits per heavy atom. The van der Waals surface area contributed by atoms with Gasteiger partial charge in [0, 0.05) is 23.2 Å². The summed E-state index contributed by atoms with van der Waals surface area (Å²) in [6.45, 7) is 5.93. The number of amides is 2. The quantitative estimate of drug-likeness (QED) is 0.113. The predicted molar refractivity (Wildman–Crippen MR) is 190 cm³/mol. The van der Waals surface area contributed by atoms with E-state index in [0.29, 0.717) is 24.3 Å². The first-order valence-electron chi connectivity index (χ1n) is 18.7. The van der Waals surface area contributed by atoms with Crippen LogP contribution in [0.25, 0.3) is 0 Å². The van der Waals surface area contributed by atoms with Crippen LogP contribution in [0.1, 0.15) is 163 Å². The van der Waals surface area contributed by atoms with Gasteiger partial charge in [0.25, 0.3) is 11.8 Å². The summed E-state index contributed by atoms with van der Waals surface area (Å²) in [5.41, 5.74) is 1.27. The molecule has 2 aromatic carbocycles. The average Bonchev–Trinajstić information content (AvgIpc) is 3.07. The summed E-state index contributed by atoms with van der Waals surface area (Å²) >= 11 is 0. The van der Waals surface area contributed by atoms with E-state index < -0.39 is 0 Å². The van der Waals surface area contributed by atoms with Crippen molar-refractivity contribution in [2.45, 2.75) is 154 Å². The van der Waals surface area contributed by atoms with E-state index in [1.54, 1.807) is 0 Å². The smallest absolute Gasteiger partial charge is 0.251 e. The van der Waals surface area contributed by atoms with Gasteiger partial charge in [-0.1, -0.05) is 104 Å². The zero-order valence-corrected chi connectivity index (χ0v) is 29.0. The maximum Gasteiger partial charge on any atom is 0.251 e. The van der Waals surface area contributed by atoms with Crippen molar-refractivity contribution in [2.24, 2.45) is 0 Å². The van der Waals surface area contributed by atoms with Crippen LogP contribution in [0.3, 0.4) is 0 Å². The Labute approximate surface area is 279 Å². The fraction of sp³-hybridized carbons (Fsp3) is 0.650. The summed E-state index contributed by atoms with van der Waals surface area (Å²) in [5, 5.41) is 6.37. The number of hydrogen-bond donors (Lipinski definition) is 2. The van der Waals surface area contributed by atoms with E-state index in [0.717, 1.165) is 50.0 Å². The third kappa shape index (κ3) is 15.5. The molecule has 2 amide bonds. The van der Waals surface area contributed by atoms with Crippen molar-refractivity contribution in [2.75, 3.05) is 13.2 Å². The Kier molecular flexibility index (Phi) is 19.0. The van der Waals surface area contributed by atoms with Crippen LogP contribution in [-0.4, -0.2) is 37.1 Å². The molecule has 1 aliphatic carbocycles. The van der Waals surface area contributed by atoms with Crippen LogP contribution in [0.4, 0.5) is 0 Å². The van der Waals surface area contributed by atoms with Crippen molar-refractivity contribution >= 4 is 11.8 Å². The van der Waals surface area contributed by atoms with Gasteiger partial charge in [-0.25, -0.2) is 0 Å². The maximum absolute atomic E-state index is 13.0. The van der Waals surface area contributed by atoms with Gasteiger partial charge in [0.2, 0.25) is 0 Å². The summed E-state index contributed by atoms with van der Waals surface area (Å²) < 4.78 is 11.8. The molecule has 0 aromatic heterocycles. The number of ether oxygens (including phenoxy) is 2. The first kappa shape index (κ1) is 37.4. The largest absolute Gasteiger partial charge is 0.494 e. The zero-order chi connectivity index (χ0) is 32.7. The van der Waals surface area contributed by atoms with Crippen LogP contribution >= 0.6 is 0 Å². The highest BCUT2D eigenvalue weighted by molar-refractivity contribution is 5.95. The summed E-state index contributed by atoms with van der Waals surface area (Å²) in [6.07, 6.45) is 24.0. The molecule has 0 unspecified atom stereocenters. The molecule has 3 rings (SSSR count). The SMILES string of the molecule is CCCCCCCCCCOc1ccc(C(=O)N[C@H]2CCC[C@H](NC(=O)c3ccc(OCCCCCCCCCC)cc3)C2)cc1. The van der Waals surface area contributed by atoms with E-state index in [1.165, 1.54) is 89.9 Å². The Hall–Kier alpha value is -3.02. The predicted octanol–water partition coefficient (Wildman–Crippen LogP) is 10.2. The molecule has 2 atom stereocenters. The van der Waals surface area contributed by atoms with Crippen molar-refractivity contribution in [3.63, 3.8) is 0 Å². The van der Waals surface area contributed by atoms with Crippen molar-refractivity contribution in [1.29, 1.82) is 0 Å². The molecule has 256 valence electrons. The Bertz CT molecular complexity index is 1000. The molecule has 6 heteroatoms. The standard InChI is InChI=1S/C40H62N2O4/c1-3-5-7-9-11-13-15-17-30-45-37-26-22-33(23-27-37)39(43)41-35-20-19-21-36(32-35)42-40(44)34-24-28-38(29-25-34)46-31-18-16-14-12-10-8-6-4-2/h22-29,35-36H,3-21,30-32H2,1-2H3,(H,41,43)(H,42,44)/t35-,36-/m0/s1. The third-order valence-corrected chi connectivity index (χ3v) is 9.11. The number of benzene rings is 2. The Morgan fingerprint density at radius 1 is 0.543 bits per heavy atom. The molecular formula is C40H62N2O4. The Morgan fingerprint density at radius 3 is 1.26 bits per heavy atom. The molecule has 46 heavy (non-hydrogen) atoms. The van der Waals surface area contributed by atoms with Gasteiger partial charge in [-0.2, -0.15) is 0 Å². The van der Waals surface area contributed by atoms with Gasteiger partial charge in [0.05, 0.1) is 13.2 Å². The lowest BCUT2D eigenvalue weighted by molar-refractivity contribution is 0.0903. The molecule has 1 aliphatic rings. The second kappa shape index (κ2) is 23.3. The highest BCUT2D eigenvalue weighted by Crippen LogP contribution is 2.21. The number of hydrogen-bond acceptors (Lipinski definition) is 4. The minimum atomic E-state index is -0.0748. The first-order valence-corrected chi connectivity index (χ1v) is 18.7. The van der Waals surface area contributed by atoms with Crippen molar-refractivity contribution in [3.05, 3.63) is 59.7 Å². The van der Waals surface area contributed by atoms with Gasteiger partial charge in [-0.15, -0.1) is 0 Å². The first-order chi connectivity index (χ1) is 22.6. The number of carbonyl (C=O) groups is 2. The monoisotopic (exact) mass is 634 g/mol. The van der Waals surface area contributed by atoms with Gasteiger partial charge in [-0.3, -0.25) is 9.59 Å². The van der Waals surface area contributed by atoms with Crippen LogP contribution in [0.15, 0.2) is 48.5 Å². The molecule has 0 radical (unpaired) electrons. The third-order valence-electron chi connectivity index (χ3n) is 9.11. The van der Waals surface area contributed by atoms with Crippen LogP contribution < -0.4 is 20.1 Å². The highest BCUT2D eigenvalue weighted by Gasteiger charge is 2.25. The molecular weight excluding hydrogens is 572 g/mol. The fourth-order valence-electron chi connectivity index (χ4n) is 6.25. The fourth-order valence-corrected chi connectivity index (χ4v) is 6.25.